The molecule has 2 aromatic heterocycles. The second-order valence-electron chi connectivity index (χ2n) is 10.5. The van der Waals surface area contributed by atoms with Crippen molar-refractivity contribution >= 4 is 40.7 Å². The highest BCUT2D eigenvalue weighted by Crippen LogP contribution is 2.32. The summed E-state index contributed by atoms with van der Waals surface area (Å²) in [5.74, 6) is -2.64. The third-order valence-electron chi connectivity index (χ3n) is 7.24. The number of methoxy groups -OCH3 is 1. The summed E-state index contributed by atoms with van der Waals surface area (Å²) in [6.45, 7) is 1.49. The molecule has 0 bridgehead atoms. The fourth-order valence-electron chi connectivity index (χ4n) is 4.76. The van der Waals surface area contributed by atoms with Crippen LogP contribution in [0.4, 0.5) is 33.6 Å². The van der Waals surface area contributed by atoms with Crippen molar-refractivity contribution in [2.75, 3.05) is 19.0 Å². The third kappa shape index (κ3) is 7.43. The summed E-state index contributed by atoms with van der Waals surface area (Å²) in [7, 11) is 1.36. The van der Waals surface area contributed by atoms with Crippen LogP contribution in [0.2, 0.25) is 5.02 Å². The van der Waals surface area contributed by atoms with E-state index >= 15 is 0 Å². The smallest absolute Gasteiger partial charge is 0.405 e. The first kappa shape index (κ1) is 33.1. The summed E-state index contributed by atoms with van der Waals surface area (Å²) in [5.41, 5.74) is 3.55. The molecule has 47 heavy (non-hydrogen) atoms. The summed E-state index contributed by atoms with van der Waals surface area (Å²) in [5, 5.41) is 11.8. The van der Waals surface area contributed by atoms with Gasteiger partial charge in [-0.1, -0.05) is 23.7 Å². The van der Waals surface area contributed by atoms with E-state index in [-0.39, 0.29) is 40.0 Å². The Morgan fingerprint density at radius 1 is 0.915 bits per heavy atom. The van der Waals surface area contributed by atoms with Crippen LogP contribution < -0.4 is 20.7 Å². The quantitative estimate of drug-likeness (QED) is 0.116. The minimum absolute atomic E-state index is 0.00737. The maximum Gasteiger partial charge on any atom is 0.405 e. The molecule has 0 radical (unpaired) electrons. The van der Waals surface area contributed by atoms with Crippen molar-refractivity contribution < 1.29 is 36.3 Å². The van der Waals surface area contributed by atoms with E-state index in [2.05, 4.69) is 20.7 Å². The van der Waals surface area contributed by atoms with Gasteiger partial charge >= 0.3 is 6.18 Å². The van der Waals surface area contributed by atoms with Gasteiger partial charge in [-0.3, -0.25) is 9.59 Å². The lowest BCUT2D eigenvalue weighted by molar-refractivity contribution is -0.123. The number of rotatable bonds is 9. The fraction of sp³-hybridized carbons (Fsp3) is 0.188. The van der Waals surface area contributed by atoms with Crippen LogP contribution in [0.1, 0.15) is 37.4 Å². The Morgan fingerprint density at radius 2 is 1.60 bits per heavy atom. The van der Waals surface area contributed by atoms with Crippen molar-refractivity contribution in [2.45, 2.75) is 26.6 Å². The predicted octanol–water partition coefficient (Wildman–Crippen LogP) is 6.92. The van der Waals surface area contributed by atoms with E-state index in [1.54, 1.807) is 43.5 Å². The van der Waals surface area contributed by atoms with Gasteiger partial charge in [-0.15, -0.1) is 5.10 Å². The number of alkyl halides is 3. The average molecular weight is 673 g/mol. The summed E-state index contributed by atoms with van der Waals surface area (Å²) in [4.78, 5) is 29.4. The van der Waals surface area contributed by atoms with Crippen molar-refractivity contribution in [1.29, 1.82) is 0 Å². The van der Waals surface area contributed by atoms with Gasteiger partial charge in [0.05, 0.1) is 17.8 Å². The zero-order valence-corrected chi connectivity index (χ0v) is 25.8. The highest BCUT2D eigenvalue weighted by molar-refractivity contribution is 6.31. The van der Waals surface area contributed by atoms with Crippen LogP contribution in [0.25, 0.3) is 16.8 Å². The molecule has 0 fully saturated rings. The molecule has 9 nitrogen and oxygen atoms in total. The van der Waals surface area contributed by atoms with Crippen molar-refractivity contribution in [3.05, 3.63) is 105 Å². The first-order chi connectivity index (χ1) is 22.2. The van der Waals surface area contributed by atoms with Crippen LogP contribution in [0, 0.1) is 25.5 Å². The second kappa shape index (κ2) is 13.2. The largest absolute Gasteiger partial charge is 0.495 e. The van der Waals surface area contributed by atoms with Crippen molar-refractivity contribution in [3.8, 4) is 16.9 Å². The van der Waals surface area contributed by atoms with Crippen LogP contribution in [0.15, 0.2) is 60.8 Å². The van der Waals surface area contributed by atoms with Gasteiger partial charge in [0.25, 0.3) is 11.8 Å². The number of carbonyl (C=O) groups is 2. The maximum atomic E-state index is 14.2. The Labute approximate surface area is 269 Å². The first-order valence-corrected chi connectivity index (χ1v) is 14.3. The van der Waals surface area contributed by atoms with Crippen LogP contribution in [-0.4, -0.2) is 46.2 Å². The zero-order chi connectivity index (χ0) is 34.0. The monoisotopic (exact) mass is 672 g/mol. The number of pyridine rings is 1. The van der Waals surface area contributed by atoms with E-state index in [4.69, 9.17) is 16.3 Å². The summed E-state index contributed by atoms with van der Waals surface area (Å²) < 4.78 is 72.4. The number of amides is 2. The van der Waals surface area contributed by atoms with Crippen molar-refractivity contribution in [2.24, 2.45) is 0 Å². The maximum absolute atomic E-state index is 14.2. The topological polar surface area (TPSA) is 110 Å². The highest BCUT2D eigenvalue weighted by Gasteiger charge is 2.28. The minimum atomic E-state index is -4.55. The number of nitrogens with one attached hydrogen (secondary N) is 3. The van der Waals surface area contributed by atoms with Gasteiger partial charge < -0.3 is 20.7 Å². The molecule has 0 saturated carbocycles. The van der Waals surface area contributed by atoms with E-state index in [9.17, 15) is 31.5 Å². The molecule has 15 heteroatoms. The molecule has 0 saturated heterocycles. The molecular formula is C32H26ClF5N6O3. The van der Waals surface area contributed by atoms with Crippen LogP contribution in [0.3, 0.4) is 0 Å². The van der Waals surface area contributed by atoms with Crippen LogP contribution >= 0.6 is 11.6 Å². The molecule has 5 aromatic rings. The van der Waals surface area contributed by atoms with Crippen LogP contribution in [-0.2, 0) is 6.54 Å². The average Bonchev–Trinajstić information content (AvgIpc) is 3.44. The molecule has 0 aliphatic rings. The lowest BCUT2D eigenvalue weighted by Crippen LogP contribution is -2.33. The Balaban J connectivity index is 1.29. The molecule has 0 spiro atoms. The summed E-state index contributed by atoms with van der Waals surface area (Å²) in [6, 6.07) is 13.6. The number of anilines is 2. The molecule has 5 rings (SSSR count). The number of nitrogens with zero attached hydrogens (tertiary/aromatic N) is 3. The Kier molecular flexibility index (Phi) is 9.33. The number of hydrogen-bond acceptors (Lipinski definition) is 6. The van der Waals surface area contributed by atoms with Gasteiger partial charge in [0, 0.05) is 41.1 Å². The standard InChI is InChI=1S/C32H26ClF5N6O3/c1-16-10-21(30(46)40-15-32(36,37)38)11-25(47-3)28(16)42-31-41-26-9-8-20(14-44(26)43-31)18-4-6-19(7-5-18)29(45)39-13-22-17(2)27(33)24(35)12-23(22)34/h4-12,14H,13,15H2,1-3H3,(H,39,45)(H,40,46)(H,42,43). The Hall–Kier alpha value is -5.24. The number of hydrogen-bond donors (Lipinski definition) is 3. The van der Waals surface area contributed by atoms with E-state index in [1.807, 2.05) is 11.4 Å². The molecular weight excluding hydrogens is 647 g/mol. The fourth-order valence-corrected chi connectivity index (χ4v) is 4.93. The molecule has 3 aromatic carbocycles. The van der Waals surface area contributed by atoms with E-state index in [0.717, 1.165) is 11.1 Å². The molecule has 2 amide bonds. The highest BCUT2D eigenvalue weighted by atomic mass is 35.5. The van der Waals surface area contributed by atoms with E-state index < -0.39 is 36.2 Å². The number of carbonyl (C=O) groups excluding carboxylic acids is 2. The second-order valence-corrected chi connectivity index (χ2v) is 10.8. The van der Waals surface area contributed by atoms with E-state index in [1.165, 1.54) is 30.7 Å². The lowest BCUT2D eigenvalue weighted by Gasteiger charge is -2.14. The third-order valence-corrected chi connectivity index (χ3v) is 7.70. The van der Waals surface area contributed by atoms with Gasteiger partial charge in [-0.2, -0.15) is 18.2 Å². The van der Waals surface area contributed by atoms with Crippen molar-refractivity contribution in [1.82, 2.24) is 25.2 Å². The van der Waals surface area contributed by atoms with Gasteiger partial charge in [-0.05, 0) is 66.9 Å². The number of benzene rings is 3. The van der Waals surface area contributed by atoms with Crippen molar-refractivity contribution in [3.63, 3.8) is 0 Å². The molecule has 2 heterocycles. The molecule has 0 aliphatic heterocycles. The first-order valence-electron chi connectivity index (χ1n) is 13.9. The molecule has 0 aliphatic carbocycles. The number of ether oxygens (including phenoxy) is 1. The van der Waals surface area contributed by atoms with Crippen LogP contribution in [0.5, 0.6) is 5.75 Å². The number of aromatic nitrogens is 3. The number of aryl methyl sites for hydroxylation is 1. The van der Waals surface area contributed by atoms with Gasteiger partial charge in [0.1, 0.15) is 23.9 Å². The Bertz CT molecular complexity index is 2000. The van der Waals surface area contributed by atoms with Gasteiger partial charge in [0.15, 0.2) is 5.65 Å². The predicted molar refractivity (Wildman–Crippen MR) is 165 cm³/mol. The molecule has 244 valence electrons. The molecule has 0 atom stereocenters. The molecule has 3 N–H and O–H groups in total. The number of fused-ring (bicyclic) bond motifs is 1. The zero-order valence-electron chi connectivity index (χ0n) is 25.0. The number of halogens is 6. The SMILES string of the molecule is COc1cc(C(=O)NCC(F)(F)F)cc(C)c1Nc1nc2ccc(-c3ccc(C(=O)NCc4c(F)cc(F)c(Cl)c4C)cc3)cn2n1. The molecule has 0 unspecified atom stereocenters. The van der Waals surface area contributed by atoms with Gasteiger partial charge in [-0.25, -0.2) is 13.3 Å². The summed E-state index contributed by atoms with van der Waals surface area (Å²) >= 11 is 5.88. The van der Waals surface area contributed by atoms with Gasteiger partial charge in [0.2, 0.25) is 5.95 Å². The summed E-state index contributed by atoms with van der Waals surface area (Å²) in [6.07, 6.45) is -2.82. The lowest BCUT2D eigenvalue weighted by atomic mass is 10.0. The normalized spacial score (nSPS) is 11.4. The Morgan fingerprint density at radius 3 is 2.28 bits per heavy atom. The minimum Gasteiger partial charge on any atom is -0.495 e. The van der Waals surface area contributed by atoms with E-state index in [0.29, 0.717) is 28.5 Å².